The van der Waals surface area contributed by atoms with Gasteiger partial charge in [0.15, 0.2) is 0 Å². The summed E-state index contributed by atoms with van der Waals surface area (Å²) < 4.78 is 0. The SMILES string of the molecule is C[C@]12CCC(=NOCCCN)CC1[C@@H](CO)C(=O)[C@@H]1[C@@H]2CC[C@]2(C)C(=O)CC[C@@H]12. The van der Waals surface area contributed by atoms with Crippen LogP contribution in [-0.2, 0) is 14.4 Å². The highest BCUT2D eigenvalue weighted by atomic mass is 16.6. The molecule has 0 bridgehead atoms. The summed E-state index contributed by atoms with van der Waals surface area (Å²) in [6, 6.07) is 0. The Morgan fingerprint density at radius 2 is 1.93 bits per heavy atom. The summed E-state index contributed by atoms with van der Waals surface area (Å²) in [6.07, 6.45) is 6.64. The van der Waals surface area contributed by atoms with E-state index in [2.05, 4.69) is 19.0 Å². The van der Waals surface area contributed by atoms with E-state index in [1.165, 1.54) is 0 Å². The molecule has 0 heterocycles. The second kappa shape index (κ2) is 7.77. The molecule has 4 aliphatic rings. The van der Waals surface area contributed by atoms with Crippen molar-refractivity contribution in [1.29, 1.82) is 0 Å². The summed E-state index contributed by atoms with van der Waals surface area (Å²) in [7, 11) is 0. The molecule has 1 unspecified atom stereocenters. The minimum Gasteiger partial charge on any atom is -0.396 e. The van der Waals surface area contributed by atoms with E-state index in [1.807, 2.05) is 0 Å². The molecule has 162 valence electrons. The number of fused-ring (bicyclic) bond motifs is 5. The minimum absolute atomic E-state index is 0.00915. The van der Waals surface area contributed by atoms with Crippen molar-refractivity contribution in [2.75, 3.05) is 19.8 Å². The van der Waals surface area contributed by atoms with E-state index in [9.17, 15) is 14.7 Å². The van der Waals surface area contributed by atoms with Crippen LogP contribution in [0.5, 0.6) is 0 Å². The maximum absolute atomic E-state index is 13.6. The molecule has 0 aromatic heterocycles. The number of rotatable bonds is 5. The molecule has 4 saturated carbocycles. The number of ketones is 2. The Bertz CT molecular complexity index is 707. The van der Waals surface area contributed by atoms with Crippen molar-refractivity contribution < 1.29 is 19.5 Å². The van der Waals surface area contributed by atoms with E-state index in [0.29, 0.717) is 31.3 Å². The van der Waals surface area contributed by atoms with Gasteiger partial charge in [-0.3, -0.25) is 9.59 Å². The molecule has 6 nitrogen and oxygen atoms in total. The lowest BCUT2D eigenvalue weighted by molar-refractivity contribution is -0.166. The Labute approximate surface area is 173 Å². The second-order valence-corrected chi connectivity index (χ2v) is 10.3. The summed E-state index contributed by atoms with van der Waals surface area (Å²) in [4.78, 5) is 31.7. The van der Waals surface area contributed by atoms with Crippen molar-refractivity contribution in [2.24, 2.45) is 51.3 Å². The van der Waals surface area contributed by atoms with Crippen molar-refractivity contribution in [3.8, 4) is 0 Å². The maximum atomic E-state index is 13.6. The number of carbonyl (C=O) groups excluding carboxylic acids is 2. The molecular weight excluding hydrogens is 368 g/mol. The van der Waals surface area contributed by atoms with Crippen LogP contribution < -0.4 is 5.73 Å². The molecule has 0 spiro atoms. The van der Waals surface area contributed by atoms with Gasteiger partial charge < -0.3 is 15.7 Å². The molecule has 4 fully saturated rings. The first-order valence-electron chi connectivity index (χ1n) is 11.4. The van der Waals surface area contributed by atoms with Gasteiger partial charge in [0.1, 0.15) is 18.2 Å². The standard InChI is InChI=1S/C23H36N2O4/c1-22-8-6-14(25-29-11-3-10-24)12-18(22)15(13-26)21(28)20-16-4-5-19(27)23(16,2)9-7-17(20)22/h15-18,20,26H,3-13,24H2,1-2H3/t15-,16+,17+,18?,20+,22-,23+/m1/s1. The van der Waals surface area contributed by atoms with Crippen molar-refractivity contribution in [1.82, 2.24) is 0 Å². The normalized spacial score (nSPS) is 45.7. The first-order chi connectivity index (χ1) is 13.9. The fourth-order valence-electron chi connectivity index (χ4n) is 7.33. The highest BCUT2D eigenvalue weighted by Gasteiger charge is 2.64. The van der Waals surface area contributed by atoms with Gasteiger partial charge >= 0.3 is 0 Å². The van der Waals surface area contributed by atoms with Crippen LogP contribution in [0.3, 0.4) is 0 Å². The van der Waals surface area contributed by atoms with Gasteiger partial charge in [0.05, 0.1) is 12.3 Å². The van der Waals surface area contributed by atoms with Crippen LogP contribution in [-0.4, -0.2) is 42.1 Å². The van der Waals surface area contributed by atoms with Crippen molar-refractivity contribution in [3.05, 3.63) is 0 Å². The zero-order valence-electron chi connectivity index (χ0n) is 17.9. The zero-order chi connectivity index (χ0) is 20.8. The average molecular weight is 405 g/mol. The lowest BCUT2D eigenvalue weighted by atomic mass is 9.43. The van der Waals surface area contributed by atoms with E-state index < -0.39 is 0 Å². The molecule has 0 radical (unpaired) electrons. The molecule has 0 aliphatic heterocycles. The number of nitrogens with two attached hydrogens (primary N) is 1. The molecule has 0 saturated heterocycles. The van der Waals surface area contributed by atoms with Gasteiger partial charge in [0.2, 0.25) is 0 Å². The molecule has 0 amide bonds. The number of carbonyl (C=O) groups is 2. The van der Waals surface area contributed by atoms with Gasteiger partial charge in [-0.15, -0.1) is 0 Å². The van der Waals surface area contributed by atoms with Crippen molar-refractivity contribution >= 4 is 17.3 Å². The lowest BCUT2D eigenvalue weighted by Crippen LogP contribution is -2.61. The van der Waals surface area contributed by atoms with E-state index in [-0.39, 0.29) is 46.9 Å². The smallest absolute Gasteiger partial charge is 0.142 e. The second-order valence-electron chi connectivity index (χ2n) is 10.3. The highest BCUT2D eigenvalue weighted by Crippen LogP contribution is 2.65. The summed E-state index contributed by atoms with van der Waals surface area (Å²) >= 11 is 0. The third-order valence-corrected chi connectivity index (χ3v) is 9.09. The molecule has 3 N–H and O–H groups in total. The number of nitrogens with zero attached hydrogens (tertiary/aromatic N) is 1. The topological polar surface area (TPSA) is 102 Å². The first kappa shape index (κ1) is 21.0. The number of hydrogen-bond acceptors (Lipinski definition) is 6. The number of hydrogen-bond donors (Lipinski definition) is 2. The summed E-state index contributed by atoms with van der Waals surface area (Å²) in [5.74, 6) is 0.694. The molecule has 29 heavy (non-hydrogen) atoms. The van der Waals surface area contributed by atoms with E-state index >= 15 is 0 Å². The predicted molar refractivity (Wildman–Crippen MR) is 110 cm³/mol. The number of aliphatic hydroxyl groups is 1. The van der Waals surface area contributed by atoms with Gasteiger partial charge in [-0.2, -0.15) is 0 Å². The lowest BCUT2D eigenvalue weighted by Gasteiger charge is -2.60. The van der Waals surface area contributed by atoms with Crippen LogP contribution in [0.2, 0.25) is 0 Å². The van der Waals surface area contributed by atoms with Gasteiger partial charge in [-0.1, -0.05) is 19.0 Å². The monoisotopic (exact) mass is 404 g/mol. The first-order valence-corrected chi connectivity index (χ1v) is 11.4. The van der Waals surface area contributed by atoms with Gasteiger partial charge in [0.25, 0.3) is 0 Å². The van der Waals surface area contributed by atoms with Crippen LogP contribution in [0, 0.1) is 40.4 Å². The quantitative estimate of drug-likeness (QED) is 0.542. The van der Waals surface area contributed by atoms with Gasteiger partial charge in [0, 0.05) is 23.7 Å². The fraction of sp³-hybridized carbons (Fsp3) is 0.870. The molecule has 0 aromatic carbocycles. The Hall–Kier alpha value is -1.27. The largest absolute Gasteiger partial charge is 0.396 e. The minimum atomic E-state index is -0.353. The third kappa shape index (κ3) is 3.18. The zero-order valence-corrected chi connectivity index (χ0v) is 17.9. The molecule has 4 rings (SSSR count). The Kier molecular flexibility index (Phi) is 5.62. The predicted octanol–water partition coefficient (Wildman–Crippen LogP) is 2.72. The molecule has 0 aromatic rings. The Morgan fingerprint density at radius 3 is 2.66 bits per heavy atom. The Morgan fingerprint density at radius 1 is 1.14 bits per heavy atom. The summed E-state index contributed by atoms with van der Waals surface area (Å²) in [6.45, 7) is 5.40. The Balaban J connectivity index is 1.61. The number of oxime groups is 1. The van der Waals surface area contributed by atoms with Crippen molar-refractivity contribution in [3.63, 3.8) is 0 Å². The molecule has 4 aliphatic carbocycles. The fourth-order valence-corrected chi connectivity index (χ4v) is 7.33. The molecule has 6 heteroatoms. The van der Waals surface area contributed by atoms with Crippen LogP contribution >= 0.6 is 0 Å². The molecule has 7 atom stereocenters. The summed E-state index contributed by atoms with van der Waals surface area (Å²) in [5, 5.41) is 14.6. The van der Waals surface area contributed by atoms with Crippen LogP contribution in [0.15, 0.2) is 5.16 Å². The van der Waals surface area contributed by atoms with E-state index in [0.717, 1.165) is 50.7 Å². The van der Waals surface area contributed by atoms with E-state index in [1.54, 1.807) is 0 Å². The van der Waals surface area contributed by atoms with Gasteiger partial charge in [-0.25, -0.2) is 0 Å². The number of aliphatic hydroxyl groups excluding tert-OH is 1. The van der Waals surface area contributed by atoms with Gasteiger partial charge in [-0.05, 0) is 74.7 Å². The van der Waals surface area contributed by atoms with Crippen LogP contribution in [0.1, 0.15) is 65.2 Å². The average Bonchev–Trinajstić information content (AvgIpc) is 3.01. The molecular formula is C23H36N2O4. The van der Waals surface area contributed by atoms with Crippen LogP contribution in [0.25, 0.3) is 0 Å². The highest BCUT2D eigenvalue weighted by molar-refractivity contribution is 5.93. The summed E-state index contributed by atoms with van der Waals surface area (Å²) in [5.41, 5.74) is 6.19. The number of Topliss-reactive ketones (excluding diaryl/α,β-unsaturated/α-hetero) is 2. The van der Waals surface area contributed by atoms with E-state index in [4.69, 9.17) is 10.6 Å². The van der Waals surface area contributed by atoms with Crippen LogP contribution in [0.4, 0.5) is 0 Å². The maximum Gasteiger partial charge on any atom is 0.142 e. The van der Waals surface area contributed by atoms with Crippen molar-refractivity contribution in [2.45, 2.75) is 65.2 Å². The third-order valence-electron chi connectivity index (χ3n) is 9.09.